The van der Waals surface area contributed by atoms with Crippen molar-refractivity contribution in [3.8, 4) is 0 Å². The number of carboxylic acids is 1. The van der Waals surface area contributed by atoms with Gasteiger partial charge in [0, 0.05) is 12.8 Å². The lowest BCUT2D eigenvalue weighted by molar-refractivity contribution is -0.161. The van der Waals surface area contributed by atoms with E-state index < -0.39 is 51.1 Å². The Morgan fingerprint density at radius 3 is 1.58 bits per heavy atom. The van der Waals surface area contributed by atoms with Gasteiger partial charge >= 0.3 is 25.7 Å². The molecule has 0 heterocycles. The fraction of sp³-hybridized carbons (Fsp3) is 0.732. The zero-order valence-electron chi connectivity index (χ0n) is 32.8. The molecule has 0 spiro atoms. The smallest absolute Gasteiger partial charge is 0.472 e. The van der Waals surface area contributed by atoms with Crippen molar-refractivity contribution in [2.75, 3.05) is 19.8 Å². The van der Waals surface area contributed by atoms with E-state index in [9.17, 15) is 23.8 Å². The van der Waals surface area contributed by atoms with Crippen LogP contribution in [-0.2, 0) is 37.5 Å². The van der Waals surface area contributed by atoms with Crippen molar-refractivity contribution in [3.63, 3.8) is 0 Å². The van der Waals surface area contributed by atoms with Crippen molar-refractivity contribution in [2.45, 2.75) is 174 Å². The Balaban J connectivity index is 4.44. The molecule has 0 aromatic carbocycles. The maximum absolute atomic E-state index is 12.6. The molecule has 4 N–H and O–H groups in total. The summed E-state index contributed by atoms with van der Waals surface area (Å²) in [5.41, 5.74) is 5.32. The first-order valence-corrected chi connectivity index (χ1v) is 21.7. The lowest BCUT2D eigenvalue weighted by Gasteiger charge is -2.20. The molecule has 0 fully saturated rings. The first kappa shape index (κ1) is 50.4. The van der Waals surface area contributed by atoms with Gasteiger partial charge in [-0.05, 0) is 32.1 Å². The number of ether oxygens (including phenoxy) is 2. The van der Waals surface area contributed by atoms with Gasteiger partial charge in [-0.15, -0.1) is 0 Å². The molecule has 0 radical (unpaired) electrons. The van der Waals surface area contributed by atoms with E-state index >= 15 is 0 Å². The highest BCUT2D eigenvalue weighted by Gasteiger charge is 2.28. The van der Waals surface area contributed by atoms with Gasteiger partial charge in [0.05, 0.1) is 13.2 Å². The molecule has 0 aliphatic heterocycles. The normalized spacial score (nSPS) is 14.3. The van der Waals surface area contributed by atoms with E-state index in [1.165, 1.54) is 64.2 Å². The van der Waals surface area contributed by atoms with Crippen molar-refractivity contribution in [2.24, 2.45) is 5.73 Å². The van der Waals surface area contributed by atoms with Crippen LogP contribution in [0.15, 0.2) is 48.6 Å². The maximum atomic E-state index is 12.6. The number of hydrogen-bond acceptors (Lipinski definition) is 9. The number of aliphatic carboxylic acids is 1. The molecule has 12 heteroatoms. The van der Waals surface area contributed by atoms with E-state index in [1.807, 2.05) is 36.5 Å². The molecule has 306 valence electrons. The lowest BCUT2D eigenvalue weighted by atomic mass is 10.0. The van der Waals surface area contributed by atoms with Gasteiger partial charge in [0.2, 0.25) is 0 Å². The van der Waals surface area contributed by atoms with Gasteiger partial charge in [-0.25, -0.2) is 4.57 Å². The fourth-order valence-electron chi connectivity index (χ4n) is 5.25. The highest BCUT2D eigenvalue weighted by molar-refractivity contribution is 7.47. The SMILES string of the molecule is CC/C=C/C=C/C=C/C=C/CCCCCCCC(=O)OC[C@H](COP(=O)(O)OC[C@H](N)C(=O)O)OC(=O)CCCCCCCCCCCCCCCC. The summed E-state index contributed by atoms with van der Waals surface area (Å²) in [5, 5.41) is 8.87. The zero-order chi connectivity index (χ0) is 39.3. The van der Waals surface area contributed by atoms with Crippen molar-refractivity contribution in [1.29, 1.82) is 0 Å². The summed E-state index contributed by atoms with van der Waals surface area (Å²) in [6, 6.07) is -1.52. The van der Waals surface area contributed by atoms with E-state index in [-0.39, 0.29) is 19.4 Å². The summed E-state index contributed by atoms with van der Waals surface area (Å²) in [4.78, 5) is 45.8. The van der Waals surface area contributed by atoms with E-state index in [4.69, 9.17) is 24.8 Å². The highest BCUT2D eigenvalue weighted by atomic mass is 31.2. The average molecular weight is 770 g/mol. The Bertz CT molecular complexity index is 1090. The van der Waals surface area contributed by atoms with Crippen LogP contribution >= 0.6 is 7.82 Å². The second-order valence-electron chi connectivity index (χ2n) is 13.5. The number of carboxylic acid groups (broad SMARTS) is 1. The van der Waals surface area contributed by atoms with Gasteiger partial charge in [-0.2, -0.15) is 0 Å². The monoisotopic (exact) mass is 769 g/mol. The quantitative estimate of drug-likeness (QED) is 0.0238. The summed E-state index contributed by atoms with van der Waals surface area (Å²) >= 11 is 0. The van der Waals surface area contributed by atoms with E-state index in [2.05, 4.69) is 30.5 Å². The summed E-state index contributed by atoms with van der Waals surface area (Å²) in [6.07, 6.45) is 38.9. The number of phosphoric ester groups is 1. The number of carbonyl (C=O) groups excluding carboxylic acids is 2. The van der Waals surface area contributed by atoms with Crippen molar-refractivity contribution in [1.82, 2.24) is 0 Å². The Kier molecular flexibility index (Phi) is 34.7. The number of carbonyl (C=O) groups is 3. The topological polar surface area (TPSA) is 172 Å². The Morgan fingerprint density at radius 2 is 1.06 bits per heavy atom. The molecule has 0 bridgehead atoms. The first-order chi connectivity index (χ1) is 25.6. The first-order valence-electron chi connectivity index (χ1n) is 20.2. The van der Waals surface area contributed by atoms with Gasteiger partial charge in [0.1, 0.15) is 12.6 Å². The van der Waals surface area contributed by atoms with Crippen LogP contribution in [0.3, 0.4) is 0 Å². The van der Waals surface area contributed by atoms with Gasteiger partial charge < -0.3 is 25.2 Å². The third kappa shape index (κ3) is 36.2. The number of unbranched alkanes of at least 4 members (excludes halogenated alkanes) is 18. The zero-order valence-corrected chi connectivity index (χ0v) is 33.7. The van der Waals surface area contributed by atoms with Gasteiger partial charge in [-0.3, -0.25) is 23.4 Å². The molecule has 0 saturated carbocycles. The van der Waals surface area contributed by atoms with Crippen LogP contribution in [0.5, 0.6) is 0 Å². The Labute approximate surface area is 320 Å². The number of rotatable bonds is 37. The van der Waals surface area contributed by atoms with Crippen LogP contribution < -0.4 is 5.73 Å². The summed E-state index contributed by atoms with van der Waals surface area (Å²) in [5.74, 6) is -2.41. The average Bonchev–Trinajstić information content (AvgIpc) is 3.13. The Morgan fingerprint density at radius 1 is 0.604 bits per heavy atom. The van der Waals surface area contributed by atoms with Crippen LogP contribution in [0.25, 0.3) is 0 Å². The molecule has 0 amide bonds. The van der Waals surface area contributed by atoms with Gasteiger partial charge in [-0.1, -0.05) is 165 Å². The van der Waals surface area contributed by atoms with Crippen LogP contribution in [0.2, 0.25) is 0 Å². The molecule has 53 heavy (non-hydrogen) atoms. The van der Waals surface area contributed by atoms with Crippen LogP contribution in [0.4, 0.5) is 0 Å². The molecule has 1 unspecified atom stereocenters. The molecular formula is C41H72NO10P. The van der Waals surface area contributed by atoms with E-state index in [1.54, 1.807) is 0 Å². The third-order valence-corrected chi connectivity index (χ3v) is 9.39. The standard InChI is InChI=1S/C41H72NO10P/c1-3-5-7-9-11-13-15-17-19-21-22-24-26-28-30-32-39(43)49-34-37(35-50-53(47,48)51-36-38(42)41(45)46)52-40(44)33-31-29-27-25-23-20-18-16-14-12-10-8-6-4-2/h5,7,9,11,13,15,17,19,37-38H,3-4,6,8,10,12,14,16,18,20-36,42H2,1-2H3,(H,45,46)(H,47,48)/b7-5+,11-9+,15-13+,19-17+/t37-,38+/m1/s1. The second kappa shape index (κ2) is 36.4. The number of allylic oxidation sites excluding steroid dienone is 8. The number of nitrogens with two attached hydrogens (primary N) is 1. The fourth-order valence-corrected chi connectivity index (χ4v) is 6.03. The number of hydrogen-bond donors (Lipinski definition) is 3. The second-order valence-corrected chi connectivity index (χ2v) is 14.9. The minimum absolute atomic E-state index is 0.157. The molecule has 0 aromatic heterocycles. The molecular weight excluding hydrogens is 697 g/mol. The largest absolute Gasteiger partial charge is 0.480 e. The Hall–Kier alpha value is -2.56. The molecule has 3 atom stereocenters. The van der Waals surface area contributed by atoms with Crippen LogP contribution in [0, 0.1) is 0 Å². The predicted octanol–water partition coefficient (Wildman–Crippen LogP) is 10.2. The summed E-state index contributed by atoms with van der Waals surface area (Å²) in [7, 11) is -4.72. The van der Waals surface area contributed by atoms with Gasteiger partial charge in [0.25, 0.3) is 0 Å². The number of phosphoric acid groups is 1. The minimum Gasteiger partial charge on any atom is -0.480 e. The maximum Gasteiger partial charge on any atom is 0.472 e. The van der Waals surface area contributed by atoms with E-state index in [0.29, 0.717) is 12.8 Å². The molecule has 0 aliphatic carbocycles. The predicted molar refractivity (Wildman–Crippen MR) is 212 cm³/mol. The highest BCUT2D eigenvalue weighted by Crippen LogP contribution is 2.43. The molecule has 0 saturated heterocycles. The summed E-state index contributed by atoms with van der Waals surface area (Å²) < 4.78 is 32.6. The van der Waals surface area contributed by atoms with Crippen molar-refractivity contribution < 1.29 is 47.5 Å². The molecule has 0 aliphatic rings. The number of esters is 2. The van der Waals surface area contributed by atoms with Crippen LogP contribution in [-0.4, -0.2) is 59.9 Å². The van der Waals surface area contributed by atoms with Crippen LogP contribution in [0.1, 0.15) is 162 Å². The molecule has 11 nitrogen and oxygen atoms in total. The third-order valence-electron chi connectivity index (χ3n) is 8.44. The summed E-state index contributed by atoms with van der Waals surface area (Å²) in [6.45, 7) is 2.63. The van der Waals surface area contributed by atoms with E-state index in [0.717, 1.165) is 57.8 Å². The van der Waals surface area contributed by atoms with Crippen molar-refractivity contribution >= 4 is 25.7 Å². The van der Waals surface area contributed by atoms with Gasteiger partial charge in [0.15, 0.2) is 6.10 Å². The minimum atomic E-state index is -4.72. The lowest BCUT2D eigenvalue weighted by Crippen LogP contribution is -2.34. The molecule has 0 aromatic rings. The van der Waals surface area contributed by atoms with Crippen molar-refractivity contribution in [3.05, 3.63) is 48.6 Å². The molecule has 0 rings (SSSR count).